The number of ether oxygens (including phenoxy) is 1. The number of hydrogen-bond acceptors (Lipinski definition) is 4. The normalized spacial score (nSPS) is 21.8. The van der Waals surface area contributed by atoms with Crippen LogP contribution >= 0.6 is 0 Å². The quantitative estimate of drug-likeness (QED) is 0.645. The minimum absolute atomic E-state index is 0.0379. The van der Waals surface area contributed by atoms with Crippen LogP contribution in [-0.2, 0) is 9.53 Å². The second-order valence-electron chi connectivity index (χ2n) is 5.63. The summed E-state index contributed by atoms with van der Waals surface area (Å²) in [4.78, 5) is 23.8. The summed E-state index contributed by atoms with van der Waals surface area (Å²) in [6, 6.07) is 9.43. The van der Waals surface area contributed by atoms with Crippen molar-refractivity contribution in [2.45, 2.75) is 6.10 Å². The topological polar surface area (TPSA) is 61.2 Å². The van der Waals surface area contributed by atoms with Gasteiger partial charge in [0.2, 0.25) is 0 Å². The average molecular weight is 318 g/mol. The van der Waals surface area contributed by atoms with E-state index in [1.54, 1.807) is 10.9 Å². The minimum Gasteiger partial charge on any atom is -0.454 e. The summed E-state index contributed by atoms with van der Waals surface area (Å²) in [7, 11) is 0. The molecule has 2 aliphatic rings. The lowest BCUT2D eigenvalue weighted by Crippen LogP contribution is -2.30. The second kappa shape index (κ2) is 5.77. The molecule has 0 radical (unpaired) electrons. The Bertz CT molecular complexity index is 891. The molecule has 1 aliphatic heterocycles. The van der Waals surface area contributed by atoms with Crippen LogP contribution in [0.3, 0.4) is 0 Å². The molecule has 0 saturated carbocycles. The summed E-state index contributed by atoms with van der Waals surface area (Å²) in [6.45, 7) is 0. The van der Waals surface area contributed by atoms with Crippen molar-refractivity contribution in [3.8, 4) is 5.69 Å². The van der Waals surface area contributed by atoms with Crippen LogP contribution in [-0.4, -0.2) is 28.1 Å². The Labute approximate surface area is 138 Å². The SMILES string of the molecule is O=Cc1cn(-c2ccccc2)nc1C1=CC2C=CC=CC2OC1=O. The molecule has 2 atom stereocenters. The van der Waals surface area contributed by atoms with Gasteiger partial charge in [-0.3, -0.25) is 4.79 Å². The number of fused-ring (bicyclic) bond motifs is 1. The highest BCUT2D eigenvalue weighted by molar-refractivity contribution is 6.18. The van der Waals surface area contributed by atoms with E-state index in [0.29, 0.717) is 23.1 Å². The zero-order valence-corrected chi connectivity index (χ0v) is 12.7. The molecule has 1 aliphatic carbocycles. The van der Waals surface area contributed by atoms with Gasteiger partial charge in [0.25, 0.3) is 0 Å². The van der Waals surface area contributed by atoms with Crippen LogP contribution in [0.5, 0.6) is 0 Å². The van der Waals surface area contributed by atoms with E-state index >= 15 is 0 Å². The van der Waals surface area contributed by atoms with Gasteiger partial charge in [-0.05, 0) is 18.2 Å². The monoisotopic (exact) mass is 318 g/mol. The molecule has 2 unspecified atom stereocenters. The van der Waals surface area contributed by atoms with Gasteiger partial charge in [0.1, 0.15) is 11.8 Å². The molecule has 1 aromatic heterocycles. The Kier molecular flexibility index (Phi) is 3.46. The molecule has 5 nitrogen and oxygen atoms in total. The highest BCUT2D eigenvalue weighted by Crippen LogP contribution is 2.31. The van der Waals surface area contributed by atoms with Crippen molar-refractivity contribution in [3.05, 3.63) is 78.2 Å². The first kappa shape index (κ1) is 14.4. The summed E-state index contributed by atoms with van der Waals surface area (Å²) in [5.74, 6) is -0.498. The minimum atomic E-state index is -0.461. The van der Waals surface area contributed by atoms with E-state index < -0.39 is 5.97 Å². The lowest BCUT2D eigenvalue weighted by atomic mass is 9.91. The largest absolute Gasteiger partial charge is 0.454 e. The lowest BCUT2D eigenvalue weighted by molar-refractivity contribution is -0.141. The molecule has 0 bridgehead atoms. The zero-order chi connectivity index (χ0) is 16.5. The third-order valence-corrected chi connectivity index (χ3v) is 4.09. The first-order valence-corrected chi connectivity index (χ1v) is 7.65. The zero-order valence-electron chi connectivity index (χ0n) is 12.7. The van der Waals surface area contributed by atoms with Crippen molar-refractivity contribution in [2.75, 3.05) is 0 Å². The van der Waals surface area contributed by atoms with Crippen molar-refractivity contribution in [2.24, 2.45) is 5.92 Å². The van der Waals surface area contributed by atoms with Crippen molar-refractivity contribution in [1.82, 2.24) is 9.78 Å². The molecule has 2 heterocycles. The van der Waals surface area contributed by atoms with E-state index in [2.05, 4.69) is 5.10 Å². The van der Waals surface area contributed by atoms with Gasteiger partial charge in [-0.15, -0.1) is 0 Å². The summed E-state index contributed by atoms with van der Waals surface area (Å²) in [5.41, 5.74) is 1.85. The lowest BCUT2D eigenvalue weighted by Gasteiger charge is -2.27. The highest BCUT2D eigenvalue weighted by Gasteiger charge is 2.32. The van der Waals surface area contributed by atoms with Gasteiger partial charge >= 0.3 is 5.97 Å². The predicted molar refractivity (Wildman–Crippen MR) is 88.6 cm³/mol. The molecule has 0 spiro atoms. The molecule has 0 amide bonds. The Hall–Kier alpha value is -3.21. The molecule has 1 aromatic carbocycles. The first-order chi connectivity index (χ1) is 11.8. The number of para-hydroxylation sites is 1. The highest BCUT2D eigenvalue weighted by atomic mass is 16.5. The van der Waals surface area contributed by atoms with Gasteiger partial charge < -0.3 is 4.74 Å². The molecular weight excluding hydrogens is 304 g/mol. The van der Waals surface area contributed by atoms with Crippen LogP contribution in [0.15, 0.2) is 66.9 Å². The average Bonchev–Trinajstić information content (AvgIpc) is 3.06. The number of allylic oxidation sites excluding steroid dienone is 2. The summed E-state index contributed by atoms with van der Waals surface area (Å²) < 4.78 is 7.05. The number of nitrogens with zero attached hydrogens (tertiary/aromatic N) is 2. The molecule has 24 heavy (non-hydrogen) atoms. The maximum atomic E-state index is 12.3. The summed E-state index contributed by atoms with van der Waals surface area (Å²) in [5, 5.41) is 4.44. The number of aromatic nitrogens is 2. The van der Waals surface area contributed by atoms with Crippen molar-refractivity contribution in [3.63, 3.8) is 0 Å². The van der Waals surface area contributed by atoms with E-state index in [4.69, 9.17) is 4.74 Å². The van der Waals surface area contributed by atoms with Crippen LogP contribution in [0.4, 0.5) is 0 Å². The van der Waals surface area contributed by atoms with Crippen molar-refractivity contribution in [1.29, 1.82) is 0 Å². The number of carbonyl (C=O) groups is 2. The van der Waals surface area contributed by atoms with Gasteiger partial charge in [0.15, 0.2) is 6.29 Å². The molecule has 4 rings (SSSR count). The van der Waals surface area contributed by atoms with E-state index in [-0.39, 0.29) is 12.0 Å². The third-order valence-electron chi connectivity index (χ3n) is 4.09. The van der Waals surface area contributed by atoms with Gasteiger partial charge in [-0.1, -0.05) is 42.5 Å². The fourth-order valence-electron chi connectivity index (χ4n) is 2.89. The first-order valence-electron chi connectivity index (χ1n) is 7.65. The molecule has 0 N–H and O–H groups in total. The van der Waals surface area contributed by atoms with Crippen LogP contribution in [0, 0.1) is 5.92 Å². The third kappa shape index (κ3) is 2.40. The number of aldehydes is 1. The number of rotatable bonds is 3. The second-order valence-corrected chi connectivity index (χ2v) is 5.63. The molecule has 5 heteroatoms. The number of esters is 1. The van der Waals surface area contributed by atoms with E-state index in [1.807, 2.05) is 60.7 Å². The molecule has 0 fully saturated rings. The van der Waals surface area contributed by atoms with E-state index in [9.17, 15) is 9.59 Å². The standard InChI is InChI=1S/C19H14N2O3/c22-12-14-11-21(15-7-2-1-3-8-15)20-18(14)16-10-13-6-4-5-9-17(13)24-19(16)23/h1-13,17H. The Morgan fingerprint density at radius 3 is 2.71 bits per heavy atom. The van der Waals surface area contributed by atoms with E-state index in [1.165, 1.54) is 0 Å². The maximum Gasteiger partial charge on any atom is 0.340 e. The summed E-state index contributed by atoms with van der Waals surface area (Å²) in [6.07, 6.45) is 11.4. The summed E-state index contributed by atoms with van der Waals surface area (Å²) >= 11 is 0. The van der Waals surface area contributed by atoms with Crippen LogP contribution < -0.4 is 0 Å². The number of carbonyl (C=O) groups excluding carboxylic acids is 2. The number of benzene rings is 1. The fraction of sp³-hybridized carbons (Fsp3) is 0.105. The van der Waals surface area contributed by atoms with Gasteiger partial charge in [-0.2, -0.15) is 5.10 Å². The van der Waals surface area contributed by atoms with Crippen LogP contribution in [0.25, 0.3) is 11.3 Å². The van der Waals surface area contributed by atoms with Crippen LogP contribution in [0.1, 0.15) is 16.1 Å². The molecule has 118 valence electrons. The Morgan fingerprint density at radius 2 is 1.92 bits per heavy atom. The number of hydrogen-bond donors (Lipinski definition) is 0. The molecular formula is C19H14N2O3. The van der Waals surface area contributed by atoms with E-state index in [0.717, 1.165) is 5.69 Å². The Balaban J connectivity index is 1.79. The van der Waals surface area contributed by atoms with Gasteiger partial charge in [-0.25, -0.2) is 9.48 Å². The van der Waals surface area contributed by atoms with Gasteiger partial charge in [0, 0.05) is 12.1 Å². The van der Waals surface area contributed by atoms with Crippen LogP contribution in [0.2, 0.25) is 0 Å². The molecule has 0 saturated heterocycles. The van der Waals surface area contributed by atoms with Crippen molar-refractivity contribution >= 4 is 17.8 Å². The molecule has 2 aromatic rings. The predicted octanol–water partition coefficient (Wildman–Crippen LogP) is 2.74. The fourth-order valence-corrected chi connectivity index (χ4v) is 2.89. The van der Waals surface area contributed by atoms with Gasteiger partial charge in [0.05, 0.1) is 16.8 Å². The maximum absolute atomic E-state index is 12.3. The van der Waals surface area contributed by atoms with Crippen molar-refractivity contribution < 1.29 is 14.3 Å². The smallest absolute Gasteiger partial charge is 0.340 e. The Morgan fingerprint density at radius 1 is 1.12 bits per heavy atom.